The third-order valence-electron chi connectivity index (χ3n) is 3.99. The summed E-state index contributed by atoms with van der Waals surface area (Å²) in [6.07, 6.45) is 2.01. The van der Waals surface area contributed by atoms with Crippen LogP contribution in [-0.4, -0.2) is 29.4 Å². The molecule has 1 saturated heterocycles. The summed E-state index contributed by atoms with van der Waals surface area (Å²) in [4.78, 5) is 4.72. The van der Waals surface area contributed by atoms with Gasteiger partial charge in [-0.15, -0.1) is 0 Å². The van der Waals surface area contributed by atoms with Crippen LogP contribution < -0.4 is 5.32 Å². The van der Waals surface area contributed by atoms with Crippen molar-refractivity contribution in [3.05, 3.63) is 28.6 Å². The van der Waals surface area contributed by atoms with Gasteiger partial charge in [0.25, 0.3) is 0 Å². The highest BCUT2D eigenvalue weighted by Gasteiger charge is 2.19. The molecule has 1 aliphatic heterocycles. The number of thiophene rings is 1. The first-order valence-electron chi connectivity index (χ1n) is 7.45. The van der Waals surface area contributed by atoms with Gasteiger partial charge in [-0.3, -0.25) is 0 Å². The van der Waals surface area contributed by atoms with Gasteiger partial charge in [0.2, 0.25) is 5.58 Å². The number of hydrogen-bond donors (Lipinski definition) is 1. The van der Waals surface area contributed by atoms with Crippen LogP contribution in [0.4, 0.5) is 5.69 Å². The first-order valence-corrected chi connectivity index (χ1v) is 8.39. The zero-order chi connectivity index (χ0) is 14.9. The number of aromatic nitrogens is 2. The summed E-state index contributed by atoms with van der Waals surface area (Å²) in [6.45, 7) is 3.53. The smallest absolute Gasteiger partial charge is 0.208 e. The lowest BCUT2D eigenvalue weighted by atomic mass is 10.1. The van der Waals surface area contributed by atoms with Gasteiger partial charge in [0.15, 0.2) is 0 Å². The highest BCUT2D eigenvalue weighted by molar-refractivity contribution is 7.08. The van der Waals surface area contributed by atoms with Crippen molar-refractivity contribution in [2.45, 2.75) is 25.8 Å². The molecule has 0 bridgehead atoms. The summed E-state index contributed by atoms with van der Waals surface area (Å²) in [7, 11) is 0. The Morgan fingerprint density at radius 3 is 2.95 bits per heavy atom. The number of pyridine rings is 1. The minimum Gasteiger partial charge on any atom is -0.381 e. The molecule has 0 saturated carbocycles. The van der Waals surface area contributed by atoms with Crippen LogP contribution in [0.3, 0.4) is 0 Å². The van der Waals surface area contributed by atoms with E-state index in [2.05, 4.69) is 33.4 Å². The van der Waals surface area contributed by atoms with Gasteiger partial charge in [0, 0.05) is 30.2 Å². The molecule has 1 aliphatic rings. The molecule has 0 aliphatic carbocycles. The zero-order valence-corrected chi connectivity index (χ0v) is 13.2. The third kappa shape index (κ3) is 2.48. The summed E-state index contributed by atoms with van der Waals surface area (Å²) in [5.41, 5.74) is 5.44. The summed E-state index contributed by atoms with van der Waals surface area (Å²) < 4.78 is 10.9. The molecular formula is C16H17N3O2S. The molecule has 0 atom stereocenters. The van der Waals surface area contributed by atoms with Gasteiger partial charge in [0.1, 0.15) is 11.2 Å². The molecule has 3 aromatic rings. The van der Waals surface area contributed by atoms with Gasteiger partial charge >= 0.3 is 0 Å². The van der Waals surface area contributed by atoms with Crippen molar-refractivity contribution in [1.82, 2.24) is 10.1 Å². The molecule has 22 heavy (non-hydrogen) atoms. The topological polar surface area (TPSA) is 60.2 Å². The first kappa shape index (κ1) is 13.7. The van der Waals surface area contributed by atoms with Gasteiger partial charge in [0.05, 0.1) is 11.4 Å². The van der Waals surface area contributed by atoms with Gasteiger partial charge < -0.3 is 14.6 Å². The van der Waals surface area contributed by atoms with Crippen LogP contribution in [0, 0.1) is 6.92 Å². The Labute approximate surface area is 132 Å². The monoisotopic (exact) mass is 315 g/mol. The van der Waals surface area contributed by atoms with E-state index in [-0.39, 0.29) is 0 Å². The number of aryl methyl sites for hydroxylation is 1. The molecule has 114 valence electrons. The Morgan fingerprint density at radius 2 is 2.18 bits per heavy atom. The first-order chi connectivity index (χ1) is 10.8. The van der Waals surface area contributed by atoms with Crippen LogP contribution in [0.15, 0.2) is 27.4 Å². The fourth-order valence-corrected chi connectivity index (χ4v) is 3.41. The van der Waals surface area contributed by atoms with Crippen molar-refractivity contribution in [3.8, 4) is 11.3 Å². The lowest BCUT2D eigenvalue weighted by molar-refractivity contribution is 0.0904. The number of nitrogens with one attached hydrogen (secondary N) is 1. The second-order valence-electron chi connectivity index (χ2n) is 5.54. The number of fused-ring (bicyclic) bond motifs is 1. The van der Waals surface area contributed by atoms with E-state index < -0.39 is 0 Å². The van der Waals surface area contributed by atoms with Crippen LogP contribution in [0.1, 0.15) is 18.5 Å². The van der Waals surface area contributed by atoms with Crippen LogP contribution in [0.2, 0.25) is 0 Å². The van der Waals surface area contributed by atoms with Crippen LogP contribution in [0.5, 0.6) is 0 Å². The van der Waals surface area contributed by atoms with Crippen molar-refractivity contribution < 1.29 is 9.26 Å². The van der Waals surface area contributed by atoms with Gasteiger partial charge in [-0.2, -0.15) is 11.3 Å². The maximum atomic E-state index is 5.49. The Bertz CT molecular complexity index is 776. The average Bonchev–Trinajstić information content (AvgIpc) is 3.19. The molecule has 4 heterocycles. The summed E-state index contributed by atoms with van der Waals surface area (Å²) in [5.74, 6) is 0. The minimum absolute atomic E-state index is 0.403. The Balaban J connectivity index is 1.77. The Hall–Kier alpha value is -1.92. The number of anilines is 1. The van der Waals surface area contributed by atoms with Crippen LogP contribution >= 0.6 is 11.3 Å². The highest BCUT2D eigenvalue weighted by Crippen LogP contribution is 2.31. The van der Waals surface area contributed by atoms with Crippen molar-refractivity contribution in [1.29, 1.82) is 0 Å². The predicted octanol–water partition coefficient (Wildman–Crippen LogP) is 3.85. The molecule has 0 aromatic carbocycles. The number of hydrogen-bond acceptors (Lipinski definition) is 6. The van der Waals surface area contributed by atoms with E-state index in [1.165, 1.54) is 0 Å². The van der Waals surface area contributed by atoms with Gasteiger partial charge in [-0.25, -0.2) is 4.98 Å². The number of nitrogens with zero attached hydrogens (tertiary/aromatic N) is 2. The second-order valence-corrected chi connectivity index (χ2v) is 6.32. The van der Waals surface area contributed by atoms with Crippen LogP contribution in [0.25, 0.3) is 22.4 Å². The number of rotatable bonds is 3. The van der Waals surface area contributed by atoms with Crippen molar-refractivity contribution in [2.24, 2.45) is 0 Å². The molecule has 3 aromatic heterocycles. The quantitative estimate of drug-likeness (QED) is 0.795. The fourth-order valence-electron chi connectivity index (χ4n) is 2.76. The normalized spacial score (nSPS) is 16.2. The largest absolute Gasteiger partial charge is 0.381 e. The molecule has 0 amide bonds. The highest BCUT2D eigenvalue weighted by atomic mass is 32.1. The molecule has 1 N–H and O–H groups in total. The molecule has 1 fully saturated rings. The van der Waals surface area contributed by atoms with E-state index in [0.29, 0.717) is 6.04 Å². The van der Waals surface area contributed by atoms with Crippen molar-refractivity contribution >= 4 is 28.1 Å². The standard InChI is InChI=1S/C16H17N3O2S/c1-10-15-16(21-19-10)14(17-12-2-5-20-6-3-12)8-13(18-15)11-4-7-22-9-11/h4,7-9,12H,2-3,5-6H2,1H3,(H,17,18). The lowest BCUT2D eigenvalue weighted by Gasteiger charge is -2.24. The summed E-state index contributed by atoms with van der Waals surface area (Å²) in [5, 5.41) is 11.8. The molecule has 4 rings (SSSR count). The van der Waals surface area contributed by atoms with Crippen molar-refractivity contribution in [3.63, 3.8) is 0 Å². The molecule has 0 unspecified atom stereocenters. The summed E-state index contributed by atoms with van der Waals surface area (Å²) in [6, 6.07) is 4.55. The predicted molar refractivity (Wildman–Crippen MR) is 87.3 cm³/mol. The Morgan fingerprint density at radius 1 is 1.32 bits per heavy atom. The fraction of sp³-hybridized carbons (Fsp3) is 0.375. The molecule has 0 spiro atoms. The number of ether oxygens (including phenoxy) is 1. The van der Waals surface area contributed by atoms with Crippen LogP contribution in [-0.2, 0) is 4.74 Å². The van der Waals surface area contributed by atoms with Gasteiger partial charge in [-0.1, -0.05) is 5.16 Å². The van der Waals surface area contributed by atoms with E-state index in [9.17, 15) is 0 Å². The van der Waals surface area contributed by atoms with Crippen molar-refractivity contribution in [2.75, 3.05) is 18.5 Å². The van der Waals surface area contributed by atoms with Gasteiger partial charge in [-0.05, 0) is 37.3 Å². The second kappa shape index (κ2) is 5.70. The molecule has 0 radical (unpaired) electrons. The van der Waals surface area contributed by atoms with E-state index in [1.54, 1.807) is 11.3 Å². The van der Waals surface area contributed by atoms with E-state index >= 15 is 0 Å². The van der Waals surface area contributed by atoms with E-state index in [0.717, 1.165) is 59.8 Å². The van der Waals surface area contributed by atoms with E-state index in [1.807, 2.05) is 6.92 Å². The molecule has 6 heteroatoms. The molecule has 5 nitrogen and oxygen atoms in total. The summed E-state index contributed by atoms with van der Waals surface area (Å²) >= 11 is 1.67. The third-order valence-corrected chi connectivity index (χ3v) is 4.67. The lowest BCUT2D eigenvalue weighted by Crippen LogP contribution is -2.27. The average molecular weight is 315 g/mol. The Kier molecular flexibility index (Phi) is 3.56. The zero-order valence-electron chi connectivity index (χ0n) is 12.3. The molecular weight excluding hydrogens is 298 g/mol. The maximum Gasteiger partial charge on any atom is 0.208 e. The minimum atomic E-state index is 0.403. The van der Waals surface area contributed by atoms with E-state index in [4.69, 9.17) is 14.2 Å². The SMILES string of the molecule is Cc1noc2c(NC3CCOCC3)cc(-c3ccsc3)nc12. The maximum absolute atomic E-state index is 5.49.